The van der Waals surface area contributed by atoms with Gasteiger partial charge in [0.25, 0.3) is 0 Å². The van der Waals surface area contributed by atoms with E-state index in [-0.39, 0.29) is 0 Å². The molecule has 0 saturated carbocycles. The molecule has 2 rings (SSSR count). The molecular weight excluding hydrogens is 150 g/mol. The van der Waals surface area contributed by atoms with E-state index in [2.05, 4.69) is 29.4 Å². The van der Waals surface area contributed by atoms with Gasteiger partial charge in [-0.05, 0) is 13.8 Å². The fourth-order valence-corrected chi connectivity index (χ4v) is 1.78. The predicted octanol–water partition coefficient (Wildman–Crippen LogP) is -0.360. The molecule has 2 heterocycles. The minimum atomic E-state index is 0.725. The van der Waals surface area contributed by atoms with Crippen molar-refractivity contribution >= 4 is 0 Å². The monoisotopic (exact) mass is 169 g/mol. The van der Waals surface area contributed by atoms with E-state index >= 15 is 0 Å². The molecule has 2 N–H and O–H groups in total. The Hall–Kier alpha value is -0.120. The summed E-state index contributed by atoms with van der Waals surface area (Å²) >= 11 is 0. The molecule has 0 aliphatic carbocycles. The maximum atomic E-state index is 3.63. The minimum Gasteiger partial charge on any atom is -0.314 e. The van der Waals surface area contributed by atoms with Gasteiger partial charge in [-0.2, -0.15) is 0 Å². The molecule has 0 radical (unpaired) electrons. The van der Waals surface area contributed by atoms with Crippen molar-refractivity contribution in [2.24, 2.45) is 0 Å². The van der Waals surface area contributed by atoms with Crippen molar-refractivity contribution in [2.75, 3.05) is 26.2 Å². The van der Waals surface area contributed by atoms with E-state index in [1.54, 1.807) is 0 Å². The molecule has 3 nitrogen and oxygen atoms in total. The lowest BCUT2D eigenvalue weighted by Gasteiger charge is -2.45. The summed E-state index contributed by atoms with van der Waals surface area (Å²) in [5, 5.41) is 6.91. The Morgan fingerprint density at radius 1 is 1.25 bits per heavy atom. The molecule has 0 unspecified atom stereocenters. The maximum absolute atomic E-state index is 3.63. The van der Waals surface area contributed by atoms with Crippen LogP contribution in [-0.2, 0) is 0 Å². The van der Waals surface area contributed by atoms with E-state index in [0.717, 1.165) is 31.2 Å². The van der Waals surface area contributed by atoms with Crippen molar-refractivity contribution in [1.82, 2.24) is 15.5 Å². The predicted molar refractivity (Wildman–Crippen MR) is 50.3 cm³/mol. The standard InChI is InChI=1S/C9H19N3/c1-7(2)12-5-9(6-12)11-8-3-10-4-8/h7-11H,3-6H2,1-2H3. The lowest BCUT2D eigenvalue weighted by molar-refractivity contribution is 0.0799. The van der Waals surface area contributed by atoms with Crippen LogP contribution in [0.3, 0.4) is 0 Å². The molecule has 0 bridgehead atoms. The van der Waals surface area contributed by atoms with Gasteiger partial charge >= 0.3 is 0 Å². The molecule has 0 amide bonds. The Morgan fingerprint density at radius 2 is 1.92 bits per heavy atom. The quantitative estimate of drug-likeness (QED) is 0.604. The van der Waals surface area contributed by atoms with Crippen molar-refractivity contribution < 1.29 is 0 Å². The fraction of sp³-hybridized carbons (Fsp3) is 1.00. The molecule has 2 saturated heterocycles. The first kappa shape index (κ1) is 8.48. The number of rotatable bonds is 3. The smallest absolute Gasteiger partial charge is 0.0326 e. The van der Waals surface area contributed by atoms with Crippen molar-refractivity contribution in [1.29, 1.82) is 0 Å². The number of hydrogen-bond donors (Lipinski definition) is 2. The molecule has 0 atom stereocenters. The van der Waals surface area contributed by atoms with Crippen LogP contribution in [0.5, 0.6) is 0 Å². The summed E-state index contributed by atoms with van der Waals surface area (Å²) in [5.74, 6) is 0. The van der Waals surface area contributed by atoms with Gasteiger partial charge in [0.15, 0.2) is 0 Å². The van der Waals surface area contributed by atoms with Crippen LogP contribution in [0.15, 0.2) is 0 Å². The Balaban J connectivity index is 1.61. The van der Waals surface area contributed by atoms with Crippen molar-refractivity contribution in [3.05, 3.63) is 0 Å². The Bertz CT molecular complexity index is 148. The van der Waals surface area contributed by atoms with E-state index in [9.17, 15) is 0 Å². The van der Waals surface area contributed by atoms with E-state index in [1.165, 1.54) is 13.1 Å². The molecule has 0 aromatic carbocycles. The largest absolute Gasteiger partial charge is 0.314 e. The highest BCUT2D eigenvalue weighted by molar-refractivity contribution is 4.93. The van der Waals surface area contributed by atoms with Crippen LogP contribution in [-0.4, -0.2) is 49.2 Å². The highest BCUT2D eigenvalue weighted by Gasteiger charge is 2.31. The molecule has 3 heteroatoms. The second-order valence-corrected chi connectivity index (χ2v) is 4.27. The average molecular weight is 169 g/mol. The van der Waals surface area contributed by atoms with Gasteiger partial charge in [-0.25, -0.2) is 0 Å². The zero-order valence-electron chi connectivity index (χ0n) is 8.01. The van der Waals surface area contributed by atoms with Crippen LogP contribution in [0.2, 0.25) is 0 Å². The van der Waals surface area contributed by atoms with Crippen molar-refractivity contribution in [3.63, 3.8) is 0 Å². The third kappa shape index (κ3) is 1.63. The summed E-state index contributed by atoms with van der Waals surface area (Å²) in [5.41, 5.74) is 0. The summed E-state index contributed by atoms with van der Waals surface area (Å²) in [6.45, 7) is 9.35. The van der Waals surface area contributed by atoms with Gasteiger partial charge in [0.1, 0.15) is 0 Å². The first-order valence-electron chi connectivity index (χ1n) is 4.96. The maximum Gasteiger partial charge on any atom is 0.0326 e. The molecule has 2 aliphatic rings. The lowest BCUT2D eigenvalue weighted by Crippen LogP contribution is -2.67. The third-order valence-corrected chi connectivity index (χ3v) is 2.89. The van der Waals surface area contributed by atoms with Gasteiger partial charge in [0.2, 0.25) is 0 Å². The van der Waals surface area contributed by atoms with Crippen LogP contribution in [0.1, 0.15) is 13.8 Å². The van der Waals surface area contributed by atoms with E-state index < -0.39 is 0 Å². The zero-order chi connectivity index (χ0) is 8.55. The molecule has 0 aromatic heterocycles. The van der Waals surface area contributed by atoms with Gasteiger partial charge in [-0.1, -0.05) is 0 Å². The lowest BCUT2D eigenvalue weighted by atomic mass is 10.0. The summed E-state index contributed by atoms with van der Waals surface area (Å²) in [6, 6.07) is 2.24. The second-order valence-electron chi connectivity index (χ2n) is 4.27. The van der Waals surface area contributed by atoms with Crippen LogP contribution in [0.25, 0.3) is 0 Å². The van der Waals surface area contributed by atoms with Crippen LogP contribution in [0, 0.1) is 0 Å². The van der Waals surface area contributed by atoms with E-state index in [1.807, 2.05) is 0 Å². The molecule has 0 aromatic rings. The second kappa shape index (κ2) is 3.32. The van der Waals surface area contributed by atoms with Gasteiger partial charge < -0.3 is 10.6 Å². The molecule has 2 aliphatic heterocycles. The fourth-order valence-electron chi connectivity index (χ4n) is 1.78. The Morgan fingerprint density at radius 3 is 2.33 bits per heavy atom. The minimum absolute atomic E-state index is 0.725. The van der Waals surface area contributed by atoms with Gasteiger partial charge in [0, 0.05) is 44.3 Å². The van der Waals surface area contributed by atoms with E-state index in [0.29, 0.717) is 0 Å². The van der Waals surface area contributed by atoms with Gasteiger partial charge in [-0.3, -0.25) is 4.90 Å². The van der Waals surface area contributed by atoms with Crippen LogP contribution >= 0.6 is 0 Å². The number of nitrogens with one attached hydrogen (secondary N) is 2. The SMILES string of the molecule is CC(C)N1CC(NC2CNC2)C1. The summed E-state index contributed by atoms with van der Waals surface area (Å²) in [7, 11) is 0. The summed E-state index contributed by atoms with van der Waals surface area (Å²) in [4.78, 5) is 2.50. The molecule has 70 valence electrons. The average Bonchev–Trinajstić information content (AvgIpc) is 1.79. The van der Waals surface area contributed by atoms with E-state index in [4.69, 9.17) is 0 Å². The summed E-state index contributed by atoms with van der Waals surface area (Å²) in [6.07, 6.45) is 0. The number of nitrogens with zero attached hydrogens (tertiary/aromatic N) is 1. The Kier molecular flexibility index (Phi) is 2.35. The normalized spacial score (nSPS) is 27.2. The first-order valence-corrected chi connectivity index (χ1v) is 4.96. The highest BCUT2D eigenvalue weighted by atomic mass is 15.3. The van der Waals surface area contributed by atoms with Crippen molar-refractivity contribution in [2.45, 2.75) is 32.0 Å². The zero-order valence-corrected chi connectivity index (χ0v) is 8.01. The molecule has 12 heavy (non-hydrogen) atoms. The number of hydrogen-bond acceptors (Lipinski definition) is 3. The Labute approximate surface area is 74.5 Å². The topological polar surface area (TPSA) is 27.3 Å². The van der Waals surface area contributed by atoms with Crippen molar-refractivity contribution in [3.8, 4) is 0 Å². The molecule has 0 spiro atoms. The van der Waals surface area contributed by atoms with Crippen LogP contribution < -0.4 is 10.6 Å². The molecular formula is C9H19N3. The van der Waals surface area contributed by atoms with Gasteiger partial charge in [0.05, 0.1) is 0 Å². The first-order chi connectivity index (χ1) is 5.75. The molecule has 2 fully saturated rings. The van der Waals surface area contributed by atoms with Crippen LogP contribution in [0.4, 0.5) is 0 Å². The number of likely N-dealkylation sites (tertiary alicyclic amines) is 1. The van der Waals surface area contributed by atoms with Gasteiger partial charge in [-0.15, -0.1) is 0 Å². The highest BCUT2D eigenvalue weighted by Crippen LogP contribution is 2.12. The summed E-state index contributed by atoms with van der Waals surface area (Å²) < 4.78 is 0. The third-order valence-electron chi connectivity index (χ3n) is 2.89.